The number of imidazole rings is 1. The number of piperazine rings is 1. The zero-order chi connectivity index (χ0) is 35.6. The van der Waals surface area contributed by atoms with E-state index < -0.39 is 51.9 Å². The Balaban J connectivity index is 1.02. The second-order valence-electron chi connectivity index (χ2n) is 12.7. The second-order valence-corrected chi connectivity index (χ2v) is 14.3. The number of carbonyl (C=O) groups is 4. The number of aromatic nitrogens is 2. The smallest absolute Gasteiger partial charge is 0.329 e. The Kier molecular flexibility index (Phi) is 8.01. The van der Waals surface area contributed by atoms with Crippen molar-refractivity contribution in [2.75, 3.05) is 47.2 Å². The molecule has 4 heterocycles. The highest BCUT2D eigenvalue weighted by molar-refractivity contribution is 7.92. The Morgan fingerprint density at radius 3 is 2.52 bits per heavy atom. The van der Waals surface area contributed by atoms with Gasteiger partial charge in [0.1, 0.15) is 24.0 Å². The van der Waals surface area contributed by atoms with Crippen molar-refractivity contribution in [3.63, 3.8) is 0 Å². The highest BCUT2D eigenvalue weighted by atomic mass is 32.2. The number of aryl methyl sites for hydroxylation is 1. The average molecular weight is 709 g/mol. The maximum atomic E-state index is 15.4. The van der Waals surface area contributed by atoms with Gasteiger partial charge in [-0.25, -0.2) is 18.2 Å². The number of carbonyl (C=O) groups excluding carboxylic acids is 4. The lowest BCUT2D eigenvalue weighted by Crippen LogP contribution is -2.53. The fraction of sp³-hybridized carbons (Fsp3) is 0.344. The first-order valence-corrected chi connectivity index (χ1v) is 17.3. The van der Waals surface area contributed by atoms with Crippen molar-refractivity contribution in [3.8, 4) is 5.75 Å². The summed E-state index contributed by atoms with van der Waals surface area (Å²) in [5.74, 6) is -3.73. The molecule has 50 heavy (non-hydrogen) atoms. The van der Waals surface area contributed by atoms with Gasteiger partial charge in [-0.2, -0.15) is 8.42 Å². The molecule has 0 radical (unpaired) electrons. The molecule has 3 fully saturated rings. The molecule has 7 rings (SSSR count). The molecule has 1 unspecified atom stereocenters. The molecule has 1 aromatic heterocycles. The Bertz CT molecular complexity index is 2300. The van der Waals surface area contributed by atoms with Crippen LogP contribution in [0.4, 0.5) is 21.5 Å². The van der Waals surface area contributed by atoms with E-state index in [-0.39, 0.29) is 53.7 Å². The second kappa shape index (κ2) is 12.1. The van der Waals surface area contributed by atoms with E-state index in [1.54, 1.807) is 11.8 Å². The summed E-state index contributed by atoms with van der Waals surface area (Å²) in [6.45, 7) is 3.13. The van der Waals surface area contributed by atoms with E-state index in [9.17, 15) is 37.5 Å². The van der Waals surface area contributed by atoms with Crippen molar-refractivity contribution in [2.45, 2.75) is 31.8 Å². The summed E-state index contributed by atoms with van der Waals surface area (Å²) in [5, 5.41) is 15.8. The number of hydrogen-bond acceptors (Lipinski definition) is 10. The van der Waals surface area contributed by atoms with Gasteiger partial charge >= 0.3 is 15.9 Å². The van der Waals surface area contributed by atoms with E-state index in [0.29, 0.717) is 40.7 Å². The molecule has 0 spiro atoms. The maximum absolute atomic E-state index is 15.4. The average Bonchev–Trinajstić information content (AvgIpc) is 3.45. The van der Waals surface area contributed by atoms with Gasteiger partial charge in [0.25, 0.3) is 5.91 Å². The third kappa shape index (κ3) is 5.68. The predicted molar refractivity (Wildman–Crippen MR) is 180 cm³/mol. The molecule has 3 aliphatic heterocycles. The highest BCUT2D eigenvalue weighted by Gasteiger charge is 2.38. The van der Waals surface area contributed by atoms with Crippen LogP contribution in [0.25, 0.3) is 21.8 Å². The summed E-state index contributed by atoms with van der Waals surface area (Å²) in [6.07, 6.45) is 0.402. The zero-order valence-electron chi connectivity index (χ0n) is 27.0. The number of nitrogens with one attached hydrogen (secondary N) is 3. The SMILES string of the molecule is C[C@H]1CN(CC(=O)Nc2ccc3c(F)c(N4CC(=O)NS4(=O)=O)c(O)cc3c2)CCN1c1ccc2c(c1)n(C)c(=O)n2C1CCC(=O)NC1=O. The van der Waals surface area contributed by atoms with Crippen LogP contribution in [-0.2, 0) is 36.4 Å². The van der Waals surface area contributed by atoms with Crippen molar-refractivity contribution >= 4 is 72.7 Å². The molecule has 4 N–H and O–H groups in total. The summed E-state index contributed by atoms with van der Waals surface area (Å²) in [4.78, 5) is 66.2. The minimum absolute atomic E-state index is 0.00558. The van der Waals surface area contributed by atoms with E-state index in [1.165, 1.54) is 33.4 Å². The van der Waals surface area contributed by atoms with Gasteiger partial charge < -0.3 is 15.3 Å². The Morgan fingerprint density at radius 1 is 1.04 bits per heavy atom. The van der Waals surface area contributed by atoms with Gasteiger partial charge in [0, 0.05) is 55.9 Å². The number of nitrogens with zero attached hydrogens (tertiary/aromatic N) is 5. The molecule has 4 amide bonds. The number of anilines is 3. The van der Waals surface area contributed by atoms with Crippen molar-refractivity contribution < 1.29 is 37.1 Å². The molecule has 18 heteroatoms. The number of halogens is 1. The molecule has 0 bridgehead atoms. The van der Waals surface area contributed by atoms with E-state index in [0.717, 1.165) is 5.69 Å². The summed E-state index contributed by atoms with van der Waals surface area (Å²) >= 11 is 0. The van der Waals surface area contributed by atoms with E-state index in [1.807, 2.05) is 30.0 Å². The first kappa shape index (κ1) is 33.0. The fourth-order valence-electron chi connectivity index (χ4n) is 7.02. The monoisotopic (exact) mass is 708 g/mol. The molecule has 3 aromatic carbocycles. The number of amides is 4. The number of hydrogen-bond donors (Lipinski definition) is 4. The van der Waals surface area contributed by atoms with Gasteiger partial charge in [-0.05, 0) is 61.2 Å². The van der Waals surface area contributed by atoms with Gasteiger partial charge in [-0.3, -0.25) is 38.5 Å². The van der Waals surface area contributed by atoms with Crippen molar-refractivity contribution in [2.24, 2.45) is 7.05 Å². The van der Waals surface area contributed by atoms with Crippen molar-refractivity contribution in [1.29, 1.82) is 0 Å². The van der Waals surface area contributed by atoms with E-state index in [4.69, 9.17) is 0 Å². The molecule has 3 aliphatic rings. The minimum Gasteiger partial charge on any atom is -0.506 e. The number of benzene rings is 3. The topological polar surface area (TPSA) is 195 Å². The summed E-state index contributed by atoms with van der Waals surface area (Å²) < 4.78 is 45.0. The van der Waals surface area contributed by atoms with Crippen LogP contribution in [0.3, 0.4) is 0 Å². The quantitative estimate of drug-likeness (QED) is 0.207. The lowest BCUT2D eigenvalue weighted by atomic mass is 10.1. The molecule has 16 nitrogen and oxygen atoms in total. The number of imide groups is 1. The number of rotatable bonds is 6. The van der Waals surface area contributed by atoms with Gasteiger partial charge in [0.15, 0.2) is 5.82 Å². The molecule has 3 saturated heterocycles. The molecular formula is C32H33FN8O8S. The number of phenolic OH excluding ortho intramolecular Hbond substituents is 1. The van der Waals surface area contributed by atoms with Crippen LogP contribution in [0, 0.1) is 5.82 Å². The van der Waals surface area contributed by atoms with Gasteiger partial charge in [-0.1, -0.05) is 0 Å². The van der Waals surface area contributed by atoms with E-state index >= 15 is 4.39 Å². The van der Waals surface area contributed by atoms with Crippen LogP contribution >= 0.6 is 0 Å². The van der Waals surface area contributed by atoms with Crippen LogP contribution in [0.15, 0.2) is 47.3 Å². The van der Waals surface area contributed by atoms with Gasteiger partial charge in [0.2, 0.25) is 17.7 Å². The van der Waals surface area contributed by atoms with Crippen LogP contribution < -0.4 is 30.3 Å². The van der Waals surface area contributed by atoms with Crippen LogP contribution in [-0.4, -0.2) is 90.0 Å². The minimum atomic E-state index is -4.35. The van der Waals surface area contributed by atoms with Crippen LogP contribution in [0.5, 0.6) is 5.75 Å². The Hall–Kier alpha value is -5.49. The lowest BCUT2D eigenvalue weighted by Gasteiger charge is -2.41. The number of fused-ring (bicyclic) bond motifs is 2. The van der Waals surface area contributed by atoms with Gasteiger partial charge in [-0.15, -0.1) is 0 Å². The first-order chi connectivity index (χ1) is 23.7. The summed E-state index contributed by atoms with van der Waals surface area (Å²) in [5.41, 5.74) is 1.48. The number of phenols is 1. The molecule has 0 saturated carbocycles. The van der Waals surface area contributed by atoms with Crippen LogP contribution in [0.2, 0.25) is 0 Å². The highest BCUT2D eigenvalue weighted by Crippen LogP contribution is 2.39. The zero-order valence-corrected chi connectivity index (χ0v) is 27.8. The van der Waals surface area contributed by atoms with Crippen molar-refractivity contribution in [3.05, 3.63) is 58.8 Å². The molecule has 0 aliphatic carbocycles. The lowest BCUT2D eigenvalue weighted by molar-refractivity contribution is -0.135. The van der Waals surface area contributed by atoms with Crippen molar-refractivity contribution in [1.82, 2.24) is 24.1 Å². The molecular weight excluding hydrogens is 675 g/mol. The Labute approximate surface area is 284 Å². The summed E-state index contributed by atoms with van der Waals surface area (Å²) in [6, 6.07) is 10.3. The molecule has 262 valence electrons. The third-order valence-corrected chi connectivity index (χ3v) is 10.8. The van der Waals surface area contributed by atoms with Crippen LogP contribution in [0.1, 0.15) is 25.8 Å². The van der Waals surface area contributed by atoms with Gasteiger partial charge in [0.05, 0.1) is 17.6 Å². The normalized spacial score (nSPS) is 21.1. The molecule has 2 atom stereocenters. The van der Waals surface area contributed by atoms with E-state index in [2.05, 4.69) is 15.5 Å². The predicted octanol–water partition coefficient (Wildman–Crippen LogP) is 0.646. The Morgan fingerprint density at radius 2 is 1.82 bits per heavy atom. The largest absolute Gasteiger partial charge is 0.506 e. The molecule has 4 aromatic rings. The third-order valence-electron chi connectivity index (χ3n) is 9.39. The maximum Gasteiger partial charge on any atom is 0.329 e. The first-order valence-electron chi connectivity index (χ1n) is 15.8. The summed E-state index contributed by atoms with van der Waals surface area (Å²) in [7, 11) is -2.70. The number of piperidine rings is 1. The fourth-order valence-corrected chi connectivity index (χ4v) is 8.19. The standard InChI is InChI=1S/C32H33FN8O8S/c1-17-14-38(9-10-39(17)20-4-6-22-24(13-20)37(2)32(47)41(22)23-7-8-26(43)35-31(23)46)15-27(44)34-19-3-5-21-18(11-19)12-25(42)30(29(21)33)40-16-28(45)36-50(40,48)49/h3-6,11-13,17,23,42H,7-10,14-16H2,1-2H3,(H,34,44)(H,36,45)(H,35,43,46)/t17-,23?/m0/s1. The number of aromatic hydroxyl groups is 1.